The molecule has 0 saturated carbocycles. The van der Waals surface area contributed by atoms with Gasteiger partial charge in [0.05, 0.1) is 9.85 Å². The highest BCUT2D eigenvalue weighted by molar-refractivity contribution is 5.67. The van der Waals surface area contributed by atoms with Crippen LogP contribution in [0.4, 0.5) is 22.7 Å². The Kier molecular flexibility index (Phi) is 5.83. The van der Waals surface area contributed by atoms with Crippen molar-refractivity contribution < 1.29 is 9.85 Å². The maximum atomic E-state index is 10.2. The first-order valence-corrected chi connectivity index (χ1v) is 7.47. The molecule has 3 rings (SSSR count). The maximum Gasteiger partial charge on any atom is 0.346 e. The summed E-state index contributed by atoms with van der Waals surface area (Å²) < 4.78 is 0. The Balaban J connectivity index is 0.000000190. The molecular formula is C18H16N4O4. The zero-order valence-electron chi connectivity index (χ0n) is 13.6. The van der Waals surface area contributed by atoms with E-state index in [0.29, 0.717) is 0 Å². The summed E-state index contributed by atoms with van der Waals surface area (Å²) in [5.41, 5.74) is 14.1. The molecule has 0 heterocycles. The van der Waals surface area contributed by atoms with Gasteiger partial charge in [-0.05, 0) is 35.4 Å². The van der Waals surface area contributed by atoms with E-state index in [-0.39, 0.29) is 0 Å². The van der Waals surface area contributed by atoms with Gasteiger partial charge in [0.2, 0.25) is 0 Å². The predicted octanol–water partition coefficient (Wildman–Crippen LogP) is 4.02. The number of nitro benzene ring substituents is 2. The molecule has 0 radical (unpaired) electrons. The third-order valence-corrected chi connectivity index (χ3v) is 3.43. The van der Waals surface area contributed by atoms with E-state index in [9.17, 15) is 20.2 Å². The number of nitrogens with two attached hydrogens (primary N) is 2. The Morgan fingerprint density at radius 1 is 0.577 bits per heavy atom. The van der Waals surface area contributed by atoms with E-state index < -0.39 is 21.2 Å². The molecule has 0 unspecified atom stereocenters. The van der Waals surface area contributed by atoms with E-state index in [1.807, 2.05) is 48.5 Å². The Bertz CT molecular complexity index is 833. The summed E-state index contributed by atoms with van der Waals surface area (Å²) in [6.45, 7) is 0. The number of benzene rings is 3. The van der Waals surface area contributed by atoms with Crippen LogP contribution in [0.25, 0.3) is 11.1 Å². The second-order valence-electron chi connectivity index (χ2n) is 5.25. The molecule has 0 fully saturated rings. The van der Waals surface area contributed by atoms with Gasteiger partial charge in [-0.15, -0.1) is 0 Å². The minimum Gasteiger partial charge on any atom is -0.399 e. The van der Waals surface area contributed by atoms with Crippen molar-refractivity contribution in [3.63, 3.8) is 0 Å². The second kappa shape index (κ2) is 8.25. The largest absolute Gasteiger partial charge is 0.399 e. The molecule has 3 aromatic carbocycles. The van der Waals surface area contributed by atoms with Gasteiger partial charge < -0.3 is 11.5 Å². The molecule has 0 aliphatic heterocycles. The van der Waals surface area contributed by atoms with Gasteiger partial charge in [-0.1, -0.05) is 36.4 Å². The lowest BCUT2D eigenvalue weighted by Crippen LogP contribution is -1.95. The predicted molar refractivity (Wildman–Crippen MR) is 100 cm³/mol. The van der Waals surface area contributed by atoms with Crippen molar-refractivity contribution in [3.05, 3.63) is 93.0 Å². The topological polar surface area (TPSA) is 138 Å². The molecule has 0 aliphatic rings. The van der Waals surface area contributed by atoms with Crippen molar-refractivity contribution in [1.29, 1.82) is 0 Å². The van der Waals surface area contributed by atoms with Crippen LogP contribution >= 0.6 is 0 Å². The van der Waals surface area contributed by atoms with Gasteiger partial charge in [0.15, 0.2) is 0 Å². The van der Waals surface area contributed by atoms with Crippen LogP contribution in [-0.2, 0) is 0 Å². The van der Waals surface area contributed by atoms with Crippen molar-refractivity contribution in [2.24, 2.45) is 0 Å². The summed E-state index contributed by atoms with van der Waals surface area (Å²) in [5.74, 6) is 0. The van der Waals surface area contributed by atoms with E-state index in [2.05, 4.69) is 0 Å². The molecule has 0 bridgehead atoms. The Labute approximate surface area is 149 Å². The molecular weight excluding hydrogens is 336 g/mol. The number of nitrogens with zero attached hydrogens (tertiary/aromatic N) is 2. The van der Waals surface area contributed by atoms with E-state index in [1.54, 1.807) is 0 Å². The molecule has 0 saturated heterocycles. The fourth-order valence-corrected chi connectivity index (χ4v) is 2.12. The van der Waals surface area contributed by atoms with Crippen LogP contribution in [0.3, 0.4) is 0 Å². The molecule has 4 N–H and O–H groups in total. The summed E-state index contributed by atoms with van der Waals surface area (Å²) in [6.07, 6.45) is 0. The minimum absolute atomic E-state index is 0.484. The average molecular weight is 352 g/mol. The quantitative estimate of drug-likeness (QED) is 0.414. The summed E-state index contributed by atoms with van der Waals surface area (Å²) in [7, 11) is 0. The number of nitro groups is 2. The Hall–Kier alpha value is -3.94. The lowest BCUT2D eigenvalue weighted by molar-refractivity contribution is -0.422. The molecule has 8 nitrogen and oxygen atoms in total. The fourth-order valence-electron chi connectivity index (χ4n) is 2.12. The highest BCUT2D eigenvalue weighted by Crippen LogP contribution is 2.24. The Morgan fingerprint density at radius 2 is 0.885 bits per heavy atom. The van der Waals surface area contributed by atoms with Crippen LogP contribution in [-0.4, -0.2) is 9.85 Å². The normalized spacial score (nSPS) is 9.69. The first kappa shape index (κ1) is 18.4. The van der Waals surface area contributed by atoms with Crippen LogP contribution in [0, 0.1) is 20.2 Å². The summed E-state index contributed by atoms with van der Waals surface area (Å²) in [4.78, 5) is 18.9. The standard InChI is InChI=1S/C12H12N2.C6H4N2O4/c13-11-5-1-9(2-6-11)10-3-7-12(14)8-4-10;9-7(10)5-3-1-2-4-6(5)8(11)12/h1-8H,13-14H2;1-4H. The van der Waals surface area contributed by atoms with E-state index >= 15 is 0 Å². The highest BCUT2D eigenvalue weighted by Gasteiger charge is 2.21. The first-order chi connectivity index (χ1) is 12.4. The number of hydrogen-bond acceptors (Lipinski definition) is 6. The van der Waals surface area contributed by atoms with Gasteiger partial charge in [0, 0.05) is 23.5 Å². The highest BCUT2D eigenvalue weighted by atomic mass is 16.6. The van der Waals surface area contributed by atoms with Gasteiger partial charge >= 0.3 is 11.4 Å². The van der Waals surface area contributed by atoms with Crippen molar-refractivity contribution in [2.45, 2.75) is 0 Å². The van der Waals surface area contributed by atoms with Gasteiger partial charge in [-0.3, -0.25) is 20.2 Å². The van der Waals surface area contributed by atoms with Crippen molar-refractivity contribution in [3.8, 4) is 11.1 Å². The van der Waals surface area contributed by atoms with E-state index in [4.69, 9.17) is 11.5 Å². The molecule has 0 aliphatic carbocycles. The fraction of sp³-hybridized carbons (Fsp3) is 0. The number of rotatable bonds is 3. The van der Waals surface area contributed by atoms with E-state index in [0.717, 1.165) is 34.6 Å². The van der Waals surface area contributed by atoms with Gasteiger partial charge in [0.1, 0.15) is 0 Å². The van der Waals surface area contributed by atoms with E-state index in [1.165, 1.54) is 12.1 Å². The third-order valence-electron chi connectivity index (χ3n) is 3.43. The second-order valence-corrected chi connectivity index (χ2v) is 5.25. The SMILES string of the molecule is Nc1ccc(-c2ccc(N)cc2)cc1.O=[N+]([O-])c1ccccc1[N+](=O)[O-]. The van der Waals surface area contributed by atoms with Crippen LogP contribution in [0.5, 0.6) is 0 Å². The molecule has 0 amide bonds. The van der Waals surface area contributed by atoms with Crippen LogP contribution in [0.2, 0.25) is 0 Å². The van der Waals surface area contributed by atoms with Crippen LogP contribution < -0.4 is 11.5 Å². The Morgan fingerprint density at radius 3 is 1.15 bits per heavy atom. The van der Waals surface area contributed by atoms with Crippen molar-refractivity contribution in [1.82, 2.24) is 0 Å². The zero-order chi connectivity index (χ0) is 19.1. The zero-order valence-corrected chi connectivity index (χ0v) is 13.6. The lowest BCUT2D eigenvalue weighted by Gasteiger charge is -2.02. The number of nitrogen functional groups attached to an aromatic ring is 2. The molecule has 0 atom stereocenters. The maximum absolute atomic E-state index is 10.2. The smallest absolute Gasteiger partial charge is 0.346 e. The third kappa shape index (κ3) is 4.78. The number of para-hydroxylation sites is 2. The molecule has 0 spiro atoms. The molecule has 0 aromatic heterocycles. The number of hydrogen-bond donors (Lipinski definition) is 2. The minimum atomic E-state index is -0.780. The van der Waals surface area contributed by atoms with Crippen molar-refractivity contribution in [2.75, 3.05) is 11.5 Å². The number of anilines is 2. The molecule has 3 aromatic rings. The summed E-state index contributed by atoms with van der Waals surface area (Å²) >= 11 is 0. The van der Waals surface area contributed by atoms with Crippen molar-refractivity contribution >= 4 is 22.7 Å². The average Bonchev–Trinajstić information content (AvgIpc) is 2.63. The molecule has 26 heavy (non-hydrogen) atoms. The van der Waals surface area contributed by atoms with Crippen LogP contribution in [0.1, 0.15) is 0 Å². The summed E-state index contributed by atoms with van der Waals surface area (Å²) in [6, 6.07) is 20.5. The lowest BCUT2D eigenvalue weighted by atomic mass is 10.1. The van der Waals surface area contributed by atoms with Gasteiger partial charge in [-0.2, -0.15) is 0 Å². The first-order valence-electron chi connectivity index (χ1n) is 7.47. The van der Waals surface area contributed by atoms with Gasteiger partial charge in [-0.25, -0.2) is 0 Å². The molecule has 132 valence electrons. The van der Waals surface area contributed by atoms with Crippen LogP contribution in [0.15, 0.2) is 72.8 Å². The summed E-state index contributed by atoms with van der Waals surface area (Å²) in [5, 5.41) is 20.5. The monoisotopic (exact) mass is 352 g/mol. The molecule has 8 heteroatoms. The van der Waals surface area contributed by atoms with Gasteiger partial charge in [0.25, 0.3) is 0 Å².